The molecule has 0 amide bonds. The first-order chi connectivity index (χ1) is 8.58. The van der Waals surface area contributed by atoms with E-state index in [-0.39, 0.29) is 0 Å². The summed E-state index contributed by atoms with van der Waals surface area (Å²) in [6, 6.07) is 16.4. The van der Waals surface area contributed by atoms with Gasteiger partial charge >= 0.3 is 0 Å². The summed E-state index contributed by atoms with van der Waals surface area (Å²) < 4.78 is 0. The Morgan fingerprint density at radius 3 is 2.17 bits per heavy atom. The van der Waals surface area contributed by atoms with Crippen LogP contribution in [0.25, 0.3) is 10.8 Å². The van der Waals surface area contributed by atoms with Crippen molar-refractivity contribution < 1.29 is 0 Å². The van der Waals surface area contributed by atoms with Crippen molar-refractivity contribution >= 4 is 10.8 Å². The van der Waals surface area contributed by atoms with Gasteiger partial charge in [0.2, 0.25) is 0 Å². The van der Waals surface area contributed by atoms with Crippen LogP contribution in [0.15, 0.2) is 42.5 Å². The number of fused-ring (bicyclic) bond motifs is 1. The van der Waals surface area contributed by atoms with Crippen molar-refractivity contribution in [3.8, 4) is 0 Å². The SMILES string of the molecule is CC(C)NC(C)C(C)c1ccc2ccccc2c1. The van der Waals surface area contributed by atoms with Gasteiger partial charge in [0.05, 0.1) is 0 Å². The molecule has 0 spiro atoms. The second-order valence-corrected chi connectivity index (χ2v) is 5.51. The maximum absolute atomic E-state index is 3.59. The lowest BCUT2D eigenvalue weighted by molar-refractivity contribution is 0.440. The van der Waals surface area contributed by atoms with E-state index >= 15 is 0 Å². The Hall–Kier alpha value is -1.34. The lowest BCUT2D eigenvalue weighted by atomic mass is 9.92. The van der Waals surface area contributed by atoms with E-state index in [1.165, 1.54) is 16.3 Å². The molecule has 0 aliphatic rings. The molecule has 0 heterocycles. The third-order valence-electron chi connectivity index (χ3n) is 3.65. The predicted octanol–water partition coefficient (Wildman–Crippen LogP) is 4.33. The van der Waals surface area contributed by atoms with Crippen LogP contribution in [-0.2, 0) is 0 Å². The summed E-state index contributed by atoms with van der Waals surface area (Å²) in [5, 5.41) is 6.24. The monoisotopic (exact) mass is 241 g/mol. The van der Waals surface area contributed by atoms with E-state index in [9.17, 15) is 0 Å². The maximum Gasteiger partial charge on any atom is 0.0107 e. The Bertz CT molecular complexity index is 516. The van der Waals surface area contributed by atoms with Gasteiger partial charge in [-0.05, 0) is 29.2 Å². The van der Waals surface area contributed by atoms with E-state index in [1.54, 1.807) is 0 Å². The van der Waals surface area contributed by atoms with Crippen molar-refractivity contribution in [1.82, 2.24) is 5.32 Å². The maximum atomic E-state index is 3.59. The number of hydrogen-bond donors (Lipinski definition) is 1. The molecule has 0 saturated heterocycles. The molecule has 96 valence electrons. The fourth-order valence-electron chi connectivity index (χ4n) is 2.45. The van der Waals surface area contributed by atoms with E-state index < -0.39 is 0 Å². The molecule has 0 bridgehead atoms. The van der Waals surface area contributed by atoms with Gasteiger partial charge in [0.1, 0.15) is 0 Å². The van der Waals surface area contributed by atoms with E-state index in [4.69, 9.17) is 0 Å². The summed E-state index contributed by atoms with van der Waals surface area (Å²) in [6.45, 7) is 8.96. The van der Waals surface area contributed by atoms with Crippen molar-refractivity contribution in [2.75, 3.05) is 0 Å². The molecular formula is C17H23N. The number of nitrogens with one attached hydrogen (secondary N) is 1. The highest BCUT2D eigenvalue weighted by atomic mass is 14.9. The van der Waals surface area contributed by atoms with Gasteiger partial charge in [-0.3, -0.25) is 0 Å². The average molecular weight is 241 g/mol. The minimum Gasteiger partial charge on any atom is -0.311 e. The normalized spacial score (nSPS) is 14.9. The molecule has 2 aromatic rings. The van der Waals surface area contributed by atoms with Gasteiger partial charge in [-0.2, -0.15) is 0 Å². The van der Waals surface area contributed by atoms with Crippen molar-refractivity contribution in [3.05, 3.63) is 48.0 Å². The van der Waals surface area contributed by atoms with Crippen LogP contribution in [0.2, 0.25) is 0 Å². The van der Waals surface area contributed by atoms with Gasteiger partial charge in [-0.25, -0.2) is 0 Å². The molecule has 18 heavy (non-hydrogen) atoms. The molecule has 2 rings (SSSR count). The summed E-state index contributed by atoms with van der Waals surface area (Å²) >= 11 is 0. The van der Waals surface area contributed by atoms with Gasteiger partial charge in [-0.1, -0.05) is 63.2 Å². The lowest BCUT2D eigenvalue weighted by Crippen LogP contribution is -2.36. The molecule has 0 aliphatic heterocycles. The van der Waals surface area contributed by atoms with Crippen LogP contribution in [-0.4, -0.2) is 12.1 Å². The van der Waals surface area contributed by atoms with Gasteiger partial charge < -0.3 is 5.32 Å². The summed E-state index contributed by atoms with van der Waals surface area (Å²) in [5.41, 5.74) is 1.41. The molecule has 2 unspecified atom stereocenters. The Morgan fingerprint density at radius 1 is 0.833 bits per heavy atom. The fraction of sp³-hybridized carbons (Fsp3) is 0.412. The summed E-state index contributed by atoms with van der Waals surface area (Å²) in [5.74, 6) is 0.525. The van der Waals surface area contributed by atoms with Crippen molar-refractivity contribution in [1.29, 1.82) is 0 Å². The van der Waals surface area contributed by atoms with Gasteiger partial charge in [0, 0.05) is 12.1 Å². The third kappa shape index (κ3) is 2.91. The second kappa shape index (κ2) is 5.53. The minimum absolute atomic E-state index is 0.492. The Balaban J connectivity index is 2.24. The average Bonchev–Trinajstić information content (AvgIpc) is 2.36. The summed E-state index contributed by atoms with van der Waals surface area (Å²) in [4.78, 5) is 0. The molecule has 0 fully saturated rings. The topological polar surface area (TPSA) is 12.0 Å². The molecule has 0 aliphatic carbocycles. The molecule has 0 aromatic heterocycles. The zero-order valence-electron chi connectivity index (χ0n) is 11.8. The Morgan fingerprint density at radius 2 is 1.50 bits per heavy atom. The molecule has 0 radical (unpaired) electrons. The van der Waals surface area contributed by atoms with Crippen LogP contribution >= 0.6 is 0 Å². The van der Waals surface area contributed by atoms with Crippen LogP contribution < -0.4 is 5.32 Å². The third-order valence-corrected chi connectivity index (χ3v) is 3.65. The smallest absolute Gasteiger partial charge is 0.0107 e. The zero-order valence-corrected chi connectivity index (χ0v) is 11.8. The van der Waals surface area contributed by atoms with Gasteiger partial charge in [0.15, 0.2) is 0 Å². The van der Waals surface area contributed by atoms with Crippen LogP contribution in [0.3, 0.4) is 0 Å². The van der Waals surface area contributed by atoms with Gasteiger partial charge in [-0.15, -0.1) is 0 Å². The van der Waals surface area contributed by atoms with Crippen LogP contribution in [0, 0.1) is 0 Å². The molecule has 1 N–H and O–H groups in total. The number of benzene rings is 2. The first-order valence-corrected chi connectivity index (χ1v) is 6.82. The number of rotatable bonds is 4. The fourth-order valence-corrected chi connectivity index (χ4v) is 2.45. The highest BCUT2D eigenvalue weighted by Gasteiger charge is 2.14. The van der Waals surface area contributed by atoms with Crippen LogP contribution in [0.4, 0.5) is 0 Å². The van der Waals surface area contributed by atoms with Crippen LogP contribution in [0.1, 0.15) is 39.2 Å². The minimum atomic E-state index is 0.492. The Kier molecular flexibility index (Phi) is 4.03. The van der Waals surface area contributed by atoms with E-state index in [1.807, 2.05) is 0 Å². The highest BCUT2D eigenvalue weighted by molar-refractivity contribution is 5.83. The van der Waals surface area contributed by atoms with Crippen molar-refractivity contribution in [2.45, 2.75) is 45.7 Å². The first kappa shape index (κ1) is 13.1. The summed E-state index contributed by atoms with van der Waals surface area (Å²) in [6.07, 6.45) is 0. The van der Waals surface area contributed by atoms with Crippen LogP contribution in [0.5, 0.6) is 0 Å². The van der Waals surface area contributed by atoms with Crippen molar-refractivity contribution in [2.24, 2.45) is 0 Å². The predicted molar refractivity (Wildman–Crippen MR) is 80.1 cm³/mol. The van der Waals surface area contributed by atoms with E-state index in [0.29, 0.717) is 18.0 Å². The Labute approximate surface area is 110 Å². The molecule has 1 nitrogen and oxygen atoms in total. The molecule has 2 atom stereocenters. The molecule has 2 aromatic carbocycles. The largest absolute Gasteiger partial charge is 0.311 e. The highest BCUT2D eigenvalue weighted by Crippen LogP contribution is 2.24. The van der Waals surface area contributed by atoms with Crippen molar-refractivity contribution in [3.63, 3.8) is 0 Å². The quantitative estimate of drug-likeness (QED) is 0.840. The summed E-state index contributed by atoms with van der Waals surface area (Å²) in [7, 11) is 0. The van der Waals surface area contributed by atoms with Gasteiger partial charge in [0.25, 0.3) is 0 Å². The lowest BCUT2D eigenvalue weighted by Gasteiger charge is -2.24. The van der Waals surface area contributed by atoms with E-state index in [0.717, 1.165) is 0 Å². The van der Waals surface area contributed by atoms with E-state index in [2.05, 4.69) is 75.5 Å². The molecule has 0 saturated carbocycles. The zero-order chi connectivity index (χ0) is 13.1. The molecular weight excluding hydrogens is 218 g/mol. The number of hydrogen-bond acceptors (Lipinski definition) is 1. The second-order valence-electron chi connectivity index (χ2n) is 5.51. The standard InChI is InChI=1S/C17H23N/c1-12(2)18-14(4)13(3)16-10-9-15-7-5-6-8-17(15)11-16/h5-14,18H,1-4H3. The first-order valence-electron chi connectivity index (χ1n) is 6.82. The molecule has 1 heteroatoms.